The number of nitrogens with one attached hydrogen (secondary N) is 1. The summed E-state index contributed by atoms with van der Waals surface area (Å²) in [4.78, 5) is 39.8. The zero-order chi connectivity index (χ0) is 22.5. The third kappa shape index (κ3) is 5.01. The highest BCUT2D eigenvalue weighted by Crippen LogP contribution is 2.31. The van der Waals surface area contributed by atoms with Crippen LogP contribution in [0.25, 0.3) is 0 Å². The standard InChI is InChI=1S/C23H20N2O6S/c26-21(15-7-3-1-4-8-15)29-14-18-17(31-22(27)16-9-5-2-6-10-16)13-20(30-18)25-12-11-19(32)24-23(25)28/h1-12,17-18,20H,13-14H2,(H,24,28,32)/t17-,18+,20+/m0/s1. The number of ether oxygens (including phenoxy) is 3. The molecule has 0 radical (unpaired) electrons. The summed E-state index contributed by atoms with van der Waals surface area (Å²) in [5.41, 5.74) is 0.334. The van der Waals surface area contributed by atoms with Crippen LogP contribution in [0.5, 0.6) is 0 Å². The lowest BCUT2D eigenvalue weighted by atomic mass is 10.1. The number of carbonyl (C=O) groups is 2. The van der Waals surface area contributed by atoms with Crippen molar-refractivity contribution in [3.8, 4) is 0 Å². The van der Waals surface area contributed by atoms with Gasteiger partial charge < -0.3 is 14.2 Å². The molecule has 9 heteroatoms. The maximum absolute atomic E-state index is 12.6. The molecule has 0 aliphatic carbocycles. The van der Waals surface area contributed by atoms with Crippen molar-refractivity contribution in [2.75, 3.05) is 6.61 Å². The van der Waals surface area contributed by atoms with E-state index >= 15 is 0 Å². The van der Waals surface area contributed by atoms with Gasteiger partial charge in [-0.15, -0.1) is 0 Å². The van der Waals surface area contributed by atoms with Gasteiger partial charge in [-0.05, 0) is 30.3 Å². The van der Waals surface area contributed by atoms with Crippen LogP contribution in [0.1, 0.15) is 33.4 Å². The van der Waals surface area contributed by atoms with Crippen LogP contribution in [0.4, 0.5) is 0 Å². The summed E-state index contributed by atoms with van der Waals surface area (Å²) in [6, 6.07) is 18.6. The van der Waals surface area contributed by atoms with Gasteiger partial charge in [-0.1, -0.05) is 48.6 Å². The maximum Gasteiger partial charge on any atom is 0.338 e. The molecule has 0 unspecified atom stereocenters. The Morgan fingerprint density at radius 3 is 2.25 bits per heavy atom. The van der Waals surface area contributed by atoms with E-state index in [1.54, 1.807) is 66.7 Å². The first kappa shape index (κ1) is 21.7. The molecule has 0 saturated carbocycles. The molecular formula is C23H20N2O6S. The highest BCUT2D eigenvalue weighted by atomic mass is 32.1. The van der Waals surface area contributed by atoms with Crippen LogP contribution in [0, 0.1) is 4.64 Å². The quantitative estimate of drug-likeness (QED) is 0.453. The SMILES string of the molecule is O=C(OC[C@H]1O[C@@H](n2ccc(=S)[nH]c2=O)C[C@@H]1OC(=O)c1ccccc1)c1ccccc1. The summed E-state index contributed by atoms with van der Waals surface area (Å²) in [7, 11) is 0. The lowest BCUT2D eigenvalue weighted by molar-refractivity contribution is -0.0582. The zero-order valence-corrected chi connectivity index (χ0v) is 17.7. The van der Waals surface area contributed by atoms with Crippen molar-refractivity contribution in [1.82, 2.24) is 9.55 Å². The third-order valence-electron chi connectivity index (χ3n) is 5.00. The Balaban J connectivity index is 1.51. The molecule has 1 aliphatic heterocycles. The number of H-pyrrole nitrogens is 1. The zero-order valence-electron chi connectivity index (χ0n) is 16.9. The first-order valence-electron chi connectivity index (χ1n) is 9.96. The highest BCUT2D eigenvalue weighted by Gasteiger charge is 2.40. The Kier molecular flexibility index (Phi) is 6.58. The van der Waals surface area contributed by atoms with Gasteiger partial charge in [0.1, 0.15) is 29.7 Å². The smallest absolute Gasteiger partial charge is 0.338 e. The fraction of sp³-hybridized carbons (Fsp3) is 0.217. The largest absolute Gasteiger partial charge is 0.459 e. The Bertz CT molecular complexity index is 1210. The minimum Gasteiger partial charge on any atom is -0.459 e. The monoisotopic (exact) mass is 452 g/mol. The van der Waals surface area contributed by atoms with E-state index < -0.39 is 36.1 Å². The van der Waals surface area contributed by atoms with Crippen LogP contribution >= 0.6 is 12.2 Å². The summed E-state index contributed by atoms with van der Waals surface area (Å²) < 4.78 is 18.6. The number of benzene rings is 2. The number of esters is 2. The highest BCUT2D eigenvalue weighted by molar-refractivity contribution is 7.71. The molecule has 0 spiro atoms. The van der Waals surface area contributed by atoms with Crippen LogP contribution in [-0.2, 0) is 14.2 Å². The summed E-state index contributed by atoms with van der Waals surface area (Å²) in [5, 5.41) is 0. The number of nitrogens with zero attached hydrogens (tertiary/aromatic N) is 1. The Morgan fingerprint density at radius 1 is 1.00 bits per heavy atom. The number of aromatic amines is 1. The van der Waals surface area contributed by atoms with Gasteiger partial charge in [0.15, 0.2) is 0 Å². The van der Waals surface area contributed by atoms with E-state index in [-0.39, 0.29) is 13.0 Å². The Labute approximate surface area is 188 Å². The molecule has 1 N–H and O–H groups in total. The van der Waals surface area contributed by atoms with E-state index in [1.165, 1.54) is 10.8 Å². The number of aromatic nitrogens is 2. The van der Waals surface area contributed by atoms with E-state index in [4.69, 9.17) is 26.4 Å². The average Bonchev–Trinajstić information content (AvgIpc) is 3.20. The van der Waals surface area contributed by atoms with E-state index in [9.17, 15) is 14.4 Å². The number of rotatable bonds is 6. The van der Waals surface area contributed by atoms with Gasteiger partial charge >= 0.3 is 17.6 Å². The van der Waals surface area contributed by atoms with Gasteiger partial charge in [0.05, 0.1) is 11.1 Å². The maximum atomic E-state index is 12.6. The number of carbonyl (C=O) groups excluding carboxylic acids is 2. The normalized spacial score (nSPS) is 19.9. The summed E-state index contributed by atoms with van der Waals surface area (Å²) in [6.07, 6.45) is -0.484. The molecule has 0 bridgehead atoms. The van der Waals surface area contributed by atoms with Crippen LogP contribution in [0.15, 0.2) is 77.7 Å². The molecule has 8 nitrogen and oxygen atoms in total. The molecule has 3 aromatic rings. The van der Waals surface area contributed by atoms with Crippen molar-refractivity contribution in [1.29, 1.82) is 0 Å². The first-order valence-corrected chi connectivity index (χ1v) is 10.4. The molecule has 32 heavy (non-hydrogen) atoms. The molecular weight excluding hydrogens is 432 g/mol. The fourth-order valence-electron chi connectivity index (χ4n) is 3.39. The molecule has 4 rings (SSSR count). The summed E-state index contributed by atoms with van der Waals surface area (Å²) >= 11 is 4.97. The van der Waals surface area contributed by atoms with E-state index in [1.807, 2.05) is 0 Å². The van der Waals surface area contributed by atoms with Crippen molar-refractivity contribution in [3.05, 3.63) is 99.2 Å². The fourth-order valence-corrected chi connectivity index (χ4v) is 3.54. The molecule has 2 heterocycles. The molecule has 2 aromatic carbocycles. The number of hydrogen-bond donors (Lipinski definition) is 1. The van der Waals surface area contributed by atoms with Crippen molar-refractivity contribution in [2.45, 2.75) is 24.9 Å². The lowest BCUT2D eigenvalue weighted by Gasteiger charge is -2.19. The van der Waals surface area contributed by atoms with Gasteiger partial charge in [-0.2, -0.15) is 0 Å². The van der Waals surface area contributed by atoms with Crippen LogP contribution in [-0.4, -0.2) is 40.3 Å². The van der Waals surface area contributed by atoms with Gasteiger partial charge in [0.25, 0.3) is 0 Å². The molecule has 164 valence electrons. The molecule has 0 amide bonds. The Morgan fingerprint density at radius 2 is 1.62 bits per heavy atom. The van der Waals surface area contributed by atoms with Crippen molar-refractivity contribution >= 4 is 24.2 Å². The molecule has 1 fully saturated rings. The minimum absolute atomic E-state index is 0.144. The van der Waals surface area contributed by atoms with Gasteiger partial charge in [-0.3, -0.25) is 9.55 Å². The molecule has 1 saturated heterocycles. The van der Waals surface area contributed by atoms with Crippen LogP contribution < -0.4 is 5.69 Å². The van der Waals surface area contributed by atoms with Gasteiger partial charge in [0.2, 0.25) is 0 Å². The average molecular weight is 452 g/mol. The molecule has 1 aliphatic rings. The third-order valence-corrected chi connectivity index (χ3v) is 5.24. The second-order valence-corrected chi connectivity index (χ2v) is 7.60. The van der Waals surface area contributed by atoms with E-state index in [0.717, 1.165) is 0 Å². The van der Waals surface area contributed by atoms with Crippen LogP contribution in [0.3, 0.4) is 0 Å². The second-order valence-electron chi connectivity index (χ2n) is 7.16. The predicted molar refractivity (Wildman–Crippen MR) is 117 cm³/mol. The summed E-state index contributed by atoms with van der Waals surface area (Å²) in [5.74, 6) is -1.05. The summed E-state index contributed by atoms with van der Waals surface area (Å²) in [6.45, 7) is -0.144. The molecule has 3 atom stereocenters. The number of hydrogen-bond acceptors (Lipinski definition) is 7. The van der Waals surface area contributed by atoms with Gasteiger partial charge in [-0.25, -0.2) is 14.4 Å². The predicted octanol–water partition coefficient (Wildman–Crippen LogP) is 3.28. The van der Waals surface area contributed by atoms with Gasteiger partial charge in [0, 0.05) is 12.6 Å². The lowest BCUT2D eigenvalue weighted by Crippen LogP contribution is -2.32. The van der Waals surface area contributed by atoms with E-state index in [0.29, 0.717) is 15.8 Å². The molecule has 1 aromatic heterocycles. The van der Waals surface area contributed by atoms with Crippen molar-refractivity contribution < 1.29 is 23.8 Å². The minimum atomic E-state index is -0.754. The van der Waals surface area contributed by atoms with Crippen molar-refractivity contribution in [3.63, 3.8) is 0 Å². The van der Waals surface area contributed by atoms with Crippen LogP contribution in [0.2, 0.25) is 0 Å². The second kappa shape index (κ2) is 9.71. The van der Waals surface area contributed by atoms with Crippen molar-refractivity contribution in [2.24, 2.45) is 0 Å². The Hall–Kier alpha value is -3.56. The first-order chi connectivity index (χ1) is 15.5. The topological polar surface area (TPSA) is 99.6 Å². The van der Waals surface area contributed by atoms with E-state index in [2.05, 4.69) is 4.98 Å².